The number of hydrogen-bond acceptors (Lipinski definition) is 12. The van der Waals surface area contributed by atoms with Crippen LogP contribution in [0.25, 0.3) is 9.69 Å². The number of carbonyl (C=O) groups is 4. The van der Waals surface area contributed by atoms with Crippen LogP contribution in [0.5, 0.6) is 0 Å². The minimum absolute atomic E-state index is 0.000874. The highest BCUT2D eigenvalue weighted by molar-refractivity contribution is 6.48. The van der Waals surface area contributed by atoms with E-state index in [2.05, 4.69) is 41.1 Å². The Bertz CT molecular complexity index is 2680. The monoisotopic (exact) mass is 1110 g/mol. The molecule has 0 spiro atoms. The first kappa shape index (κ1) is 62.9. The molecule has 0 aromatic heterocycles. The molecule has 21 heteroatoms. The molecule has 4 amide bonds. The fraction of sp³-hybridized carbons (Fsp3) is 0.633. The Balaban J connectivity index is 0.000000215. The summed E-state index contributed by atoms with van der Waals surface area (Å²) in [5.74, 6) is 0.841. The van der Waals surface area contributed by atoms with Gasteiger partial charge in [0.15, 0.2) is 0 Å². The molecule has 5 aliphatic carbocycles. The molecule has 3 aliphatic heterocycles. The first-order valence-electron chi connectivity index (χ1n) is 28.8. The van der Waals surface area contributed by atoms with Crippen LogP contribution in [0.3, 0.4) is 0 Å². The molecule has 3 saturated heterocycles. The van der Waals surface area contributed by atoms with Gasteiger partial charge in [-0.1, -0.05) is 142 Å². The highest BCUT2D eigenvalue weighted by atomic mass is 16.7. The molecule has 436 valence electrons. The average molecular weight is 1110 g/mol. The zero-order valence-electron chi connectivity index (χ0n) is 49.2. The van der Waals surface area contributed by atoms with E-state index in [0.717, 1.165) is 36.8 Å². The van der Waals surface area contributed by atoms with Gasteiger partial charge in [0, 0.05) is 13.1 Å². The Hall–Kier alpha value is -5.67. The zero-order chi connectivity index (χ0) is 59.4. The van der Waals surface area contributed by atoms with Gasteiger partial charge in [-0.2, -0.15) is 0 Å². The summed E-state index contributed by atoms with van der Waals surface area (Å²) in [7, 11) is -3.45. The number of hydrogen-bond donors (Lipinski definition) is 6. The smallest absolute Gasteiger partial charge is 0.447 e. The number of amides is 4. The first-order valence-corrected chi connectivity index (χ1v) is 28.8. The van der Waals surface area contributed by atoms with E-state index in [1.807, 2.05) is 116 Å². The Morgan fingerprint density at radius 3 is 1.62 bits per heavy atom. The second-order valence-corrected chi connectivity index (χ2v) is 26.8. The standard InChI is InChI=1S/C33H44BN3O5.C23H30BN3O5.C4H11BO2/c1-31(2,3)17-24(35-7)29(38)37-18-21-14-23(21)25(37)19-40-30(39)36-28(13-20-11-9-8-10-12-20)34-41-27-16-22-15-26(32(22,4)5)33(27,6)42-34;1-23(2,3)12-18(25-4)21(28)27-13-16-11-17(16)19(27)14-32-22(29)26-20(24(30)31)10-15-8-6-5-7-9-15;1-4(2)3-5(6)7/h8-12,17,21-23,25-28H,13-16,18-19H2,1-6H3,(H,36,39);5-9,12,16-17,19-20,30-31H,10-11,13-14H2,1-3H3,(H,26,29);4,6-7H,3H2,1-2H3/t21-,22+,23-,25-,26+,27-,28+,33+;16-,17-,19-,20+;/m11./s1. The third-order valence-electron chi connectivity index (χ3n) is 17.3. The van der Waals surface area contributed by atoms with E-state index in [4.69, 9.17) is 42.0 Å². The summed E-state index contributed by atoms with van der Waals surface area (Å²) in [4.78, 5) is 62.3. The van der Waals surface area contributed by atoms with Crippen LogP contribution in [0, 0.1) is 70.8 Å². The second kappa shape index (κ2) is 25.9. The second-order valence-electron chi connectivity index (χ2n) is 26.8. The number of alkyl carbamates (subject to hydrolysis) is 2. The molecule has 12 atom stereocenters. The number of nitrogens with zero attached hydrogens (tertiary/aromatic N) is 4. The van der Waals surface area contributed by atoms with Crippen LogP contribution in [0.1, 0.15) is 113 Å². The number of carbonyl (C=O) groups excluding carboxylic acids is 4. The molecule has 81 heavy (non-hydrogen) atoms. The van der Waals surface area contributed by atoms with Crippen molar-refractivity contribution in [2.24, 2.45) is 57.7 Å². The Labute approximate surface area is 480 Å². The highest BCUT2D eigenvalue weighted by Crippen LogP contribution is 2.66. The van der Waals surface area contributed by atoms with E-state index >= 15 is 0 Å². The van der Waals surface area contributed by atoms with Crippen molar-refractivity contribution < 1.29 is 58.1 Å². The molecule has 3 heterocycles. The number of ether oxygens (including phenoxy) is 2. The number of likely N-dealkylation sites (tertiary alicyclic amines) is 2. The topological polar surface area (TPSA) is 225 Å². The SMILES string of the molecule is CC(C)CB(O)O.[C-]#[N+]C(=CC(C)(C)C)C(=O)N1C[C@H]2C[C@H]2[C@H]1COC(=O)N[C@@H](Cc1ccccc1)B(O)O.[C-]#[N+]C(=CC(C)(C)C)C(=O)N1C[C@H]2C[C@H]2[C@H]1COC(=O)N[C@@H](Cc1ccccc1)B1O[C@@H]2C[C@@H]3C[C@@H](C3(C)C)[C@]2(C)O1. The Morgan fingerprint density at radius 2 is 1.21 bits per heavy atom. The third kappa shape index (κ3) is 16.1. The van der Waals surface area contributed by atoms with Crippen molar-refractivity contribution in [3.63, 3.8) is 0 Å². The van der Waals surface area contributed by atoms with E-state index in [-0.39, 0.29) is 88.8 Å². The largest absolute Gasteiger partial charge is 0.482 e. The van der Waals surface area contributed by atoms with E-state index < -0.39 is 45.4 Å². The van der Waals surface area contributed by atoms with Crippen LogP contribution in [-0.2, 0) is 41.2 Å². The van der Waals surface area contributed by atoms with Crippen LogP contribution in [0.15, 0.2) is 84.2 Å². The molecule has 0 unspecified atom stereocenters. The fourth-order valence-electron chi connectivity index (χ4n) is 12.8. The summed E-state index contributed by atoms with van der Waals surface area (Å²) in [5, 5.41) is 41.4. The van der Waals surface area contributed by atoms with Crippen molar-refractivity contribution >= 4 is 45.4 Å². The minimum atomic E-state index is -1.75. The first-order chi connectivity index (χ1) is 38.0. The van der Waals surface area contributed by atoms with Gasteiger partial charge in [0.1, 0.15) is 13.2 Å². The molecule has 6 N–H and O–H groups in total. The Morgan fingerprint density at radius 1 is 0.741 bits per heavy atom. The fourth-order valence-corrected chi connectivity index (χ4v) is 12.8. The van der Waals surface area contributed by atoms with Crippen molar-refractivity contribution in [3.8, 4) is 0 Å². The molecule has 2 aromatic rings. The van der Waals surface area contributed by atoms with E-state index in [1.54, 1.807) is 22.0 Å². The molecule has 0 radical (unpaired) electrons. The summed E-state index contributed by atoms with van der Waals surface area (Å²) in [6.45, 7) is 38.7. The summed E-state index contributed by atoms with van der Waals surface area (Å²) in [5.41, 5.74) is 1.39. The molecular weight excluding hydrogens is 1030 g/mol. The summed E-state index contributed by atoms with van der Waals surface area (Å²) in [6, 6.07) is 18.7. The number of nitrogens with one attached hydrogen (secondary N) is 2. The van der Waals surface area contributed by atoms with Crippen molar-refractivity contribution in [3.05, 3.63) is 118 Å². The molecule has 5 saturated carbocycles. The molecule has 2 bridgehead atoms. The van der Waals surface area contributed by atoms with Crippen molar-refractivity contribution in [2.75, 3.05) is 26.3 Å². The van der Waals surface area contributed by atoms with Gasteiger partial charge in [0.05, 0.1) is 48.8 Å². The van der Waals surface area contributed by atoms with Crippen LogP contribution in [0.4, 0.5) is 9.59 Å². The number of rotatable bonds is 16. The Kier molecular flexibility index (Phi) is 20.1. The van der Waals surface area contributed by atoms with E-state index in [1.165, 1.54) is 0 Å². The normalized spacial score (nSPS) is 28.1. The molecule has 2 aromatic carbocycles. The lowest BCUT2D eigenvalue weighted by molar-refractivity contribution is -0.199. The van der Waals surface area contributed by atoms with Gasteiger partial charge >= 0.3 is 33.5 Å². The lowest BCUT2D eigenvalue weighted by atomic mass is 9.43. The lowest BCUT2D eigenvalue weighted by Crippen LogP contribution is -2.65. The van der Waals surface area contributed by atoms with Crippen LogP contribution < -0.4 is 10.6 Å². The summed E-state index contributed by atoms with van der Waals surface area (Å²) in [6.07, 6.45) is 7.49. The van der Waals surface area contributed by atoms with Crippen LogP contribution in [-0.4, -0.2) is 137 Å². The molecule has 10 rings (SSSR count). The number of fused-ring (bicyclic) bond motifs is 2. The van der Waals surface area contributed by atoms with E-state index in [0.29, 0.717) is 61.3 Å². The van der Waals surface area contributed by atoms with Crippen molar-refractivity contribution in [1.82, 2.24) is 20.4 Å². The zero-order valence-corrected chi connectivity index (χ0v) is 49.2. The number of allylic oxidation sites excluding steroid dienone is 2. The van der Waals surface area contributed by atoms with E-state index in [9.17, 15) is 29.2 Å². The van der Waals surface area contributed by atoms with Crippen molar-refractivity contribution in [2.45, 2.75) is 157 Å². The van der Waals surface area contributed by atoms with Gasteiger partial charge in [0.25, 0.3) is 11.8 Å². The van der Waals surface area contributed by atoms with Gasteiger partial charge in [-0.25, -0.2) is 19.3 Å². The molecular formula is C60H85B3N6O12. The average Bonchev–Trinajstić information content (AvgIpc) is 2.75. The summed E-state index contributed by atoms with van der Waals surface area (Å²) >= 11 is 0. The lowest BCUT2D eigenvalue weighted by Gasteiger charge is -2.64. The molecule has 8 fully saturated rings. The van der Waals surface area contributed by atoms with Gasteiger partial charge < -0.3 is 59.3 Å². The quantitative estimate of drug-likeness (QED) is 0.0548. The van der Waals surface area contributed by atoms with Gasteiger partial charge in [0.2, 0.25) is 11.4 Å². The maximum absolute atomic E-state index is 13.3. The molecule has 8 aliphatic rings. The van der Waals surface area contributed by atoms with Gasteiger partial charge in [-0.05, 0) is 121 Å². The maximum atomic E-state index is 13.3. The predicted molar refractivity (Wildman–Crippen MR) is 309 cm³/mol. The van der Waals surface area contributed by atoms with Gasteiger partial charge in [-0.15, -0.1) is 0 Å². The van der Waals surface area contributed by atoms with Crippen LogP contribution in [0.2, 0.25) is 6.32 Å². The van der Waals surface area contributed by atoms with Crippen LogP contribution >= 0.6 is 0 Å². The third-order valence-corrected chi connectivity index (χ3v) is 17.3. The summed E-state index contributed by atoms with van der Waals surface area (Å²) < 4.78 is 24.4. The predicted octanol–water partition coefficient (Wildman–Crippen LogP) is 7.43. The minimum Gasteiger partial charge on any atom is -0.447 e. The highest BCUT2D eigenvalue weighted by Gasteiger charge is 2.68. The number of benzene rings is 2. The number of piperidine rings is 2. The van der Waals surface area contributed by atoms with Crippen molar-refractivity contribution in [1.29, 1.82) is 0 Å². The maximum Gasteiger partial charge on any atom is 0.482 e. The molecule has 18 nitrogen and oxygen atoms in total. The van der Waals surface area contributed by atoms with Gasteiger partial charge in [-0.3, -0.25) is 9.59 Å².